The first kappa shape index (κ1) is 11.9. The van der Waals surface area contributed by atoms with Crippen LogP contribution in [0.3, 0.4) is 0 Å². The van der Waals surface area contributed by atoms with E-state index in [2.05, 4.69) is 22.6 Å². The third-order valence-corrected chi connectivity index (χ3v) is 3.50. The molecule has 1 saturated carbocycles. The molecule has 1 aliphatic heterocycles. The highest BCUT2D eigenvalue weighted by Gasteiger charge is 2.21. The van der Waals surface area contributed by atoms with E-state index in [0.29, 0.717) is 12.6 Å². The van der Waals surface area contributed by atoms with Gasteiger partial charge in [-0.3, -0.25) is 4.79 Å². The number of carbonyl (C=O) groups excluding carboxylic acids is 1. The van der Waals surface area contributed by atoms with Crippen LogP contribution in [0.1, 0.15) is 25.7 Å². The van der Waals surface area contributed by atoms with Gasteiger partial charge >= 0.3 is 0 Å². The summed E-state index contributed by atoms with van der Waals surface area (Å²) in [5.74, 6) is 1.01. The maximum Gasteiger partial charge on any atom is 0.234 e. The van der Waals surface area contributed by atoms with Crippen molar-refractivity contribution in [1.82, 2.24) is 15.5 Å². The first-order valence-corrected chi connectivity index (χ1v) is 6.42. The second-order valence-corrected chi connectivity index (χ2v) is 5.22. The number of rotatable bonds is 5. The smallest absolute Gasteiger partial charge is 0.234 e. The number of likely N-dealkylation sites (tertiary alicyclic amines) is 1. The summed E-state index contributed by atoms with van der Waals surface area (Å²) >= 11 is 0. The molecule has 2 fully saturated rings. The minimum Gasteiger partial charge on any atom is -0.352 e. The Balaban J connectivity index is 1.55. The Labute approximate surface area is 97.8 Å². The average molecular weight is 225 g/mol. The van der Waals surface area contributed by atoms with Gasteiger partial charge in [-0.05, 0) is 58.3 Å². The Morgan fingerprint density at radius 3 is 2.56 bits per heavy atom. The van der Waals surface area contributed by atoms with E-state index in [1.807, 2.05) is 0 Å². The lowest BCUT2D eigenvalue weighted by Crippen LogP contribution is -2.46. The highest BCUT2D eigenvalue weighted by molar-refractivity contribution is 5.78. The molecule has 0 aromatic heterocycles. The van der Waals surface area contributed by atoms with Crippen LogP contribution in [0.2, 0.25) is 0 Å². The minimum absolute atomic E-state index is 0.162. The van der Waals surface area contributed by atoms with Gasteiger partial charge in [-0.2, -0.15) is 0 Å². The Hall–Kier alpha value is -0.610. The van der Waals surface area contributed by atoms with Gasteiger partial charge in [-0.15, -0.1) is 0 Å². The number of nitrogens with one attached hydrogen (secondary N) is 2. The molecule has 1 aliphatic carbocycles. The number of amides is 1. The van der Waals surface area contributed by atoms with E-state index in [1.54, 1.807) is 0 Å². The quantitative estimate of drug-likeness (QED) is 0.702. The molecule has 2 rings (SSSR count). The Kier molecular flexibility index (Phi) is 4.18. The summed E-state index contributed by atoms with van der Waals surface area (Å²) in [5.41, 5.74) is 0. The van der Waals surface area contributed by atoms with Crippen molar-refractivity contribution in [3.63, 3.8) is 0 Å². The topological polar surface area (TPSA) is 44.4 Å². The molecule has 2 N–H and O–H groups in total. The lowest BCUT2D eigenvalue weighted by atomic mass is 10.1. The van der Waals surface area contributed by atoms with Gasteiger partial charge in [0.05, 0.1) is 6.54 Å². The van der Waals surface area contributed by atoms with Gasteiger partial charge < -0.3 is 15.5 Å². The first-order chi connectivity index (χ1) is 7.74. The third-order valence-electron chi connectivity index (χ3n) is 3.50. The largest absolute Gasteiger partial charge is 0.352 e. The van der Waals surface area contributed by atoms with Gasteiger partial charge in [0.2, 0.25) is 5.91 Å². The molecule has 1 amide bonds. The molecular formula is C12H23N3O. The van der Waals surface area contributed by atoms with Crippen LogP contribution >= 0.6 is 0 Å². The van der Waals surface area contributed by atoms with Gasteiger partial charge in [0.1, 0.15) is 0 Å². The lowest BCUT2D eigenvalue weighted by Gasteiger charge is -2.29. The molecule has 0 bridgehead atoms. The molecule has 16 heavy (non-hydrogen) atoms. The van der Waals surface area contributed by atoms with Gasteiger partial charge in [0.25, 0.3) is 0 Å². The Morgan fingerprint density at radius 2 is 1.94 bits per heavy atom. The maximum atomic E-state index is 11.6. The zero-order valence-electron chi connectivity index (χ0n) is 10.2. The fourth-order valence-electron chi connectivity index (χ4n) is 2.14. The lowest BCUT2D eigenvalue weighted by molar-refractivity contribution is -0.121. The summed E-state index contributed by atoms with van der Waals surface area (Å²) in [5, 5.41) is 6.33. The van der Waals surface area contributed by atoms with E-state index in [1.165, 1.54) is 12.8 Å². The van der Waals surface area contributed by atoms with Crippen LogP contribution in [0.5, 0.6) is 0 Å². The molecule has 92 valence electrons. The third kappa shape index (κ3) is 4.10. The van der Waals surface area contributed by atoms with Crippen LogP contribution in [0.15, 0.2) is 0 Å². The minimum atomic E-state index is 0.162. The van der Waals surface area contributed by atoms with Gasteiger partial charge in [-0.25, -0.2) is 0 Å². The van der Waals surface area contributed by atoms with Crippen molar-refractivity contribution in [1.29, 1.82) is 0 Å². The van der Waals surface area contributed by atoms with E-state index < -0.39 is 0 Å². The van der Waals surface area contributed by atoms with Crippen molar-refractivity contribution < 1.29 is 4.79 Å². The van der Waals surface area contributed by atoms with E-state index in [0.717, 1.165) is 38.4 Å². The van der Waals surface area contributed by atoms with Crippen LogP contribution in [0.4, 0.5) is 0 Å². The normalized spacial score (nSPS) is 23.3. The summed E-state index contributed by atoms with van der Waals surface area (Å²) in [6.45, 7) is 3.70. The maximum absolute atomic E-state index is 11.6. The SMILES string of the molecule is CN1CCC(NC(=O)CNCC2CC2)CC1. The molecule has 4 heteroatoms. The predicted octanol–water partition coefficient (Wildman–Crippen LogP) is 0.196. The van der Waals surface area contributed by atoms with Crippen molar-refractivity contribution in [3.05, 3.63) is 0 Å². The Morgan fingerprint density at radius 1 is 1.25 bits per heavy atom. The van der Waals surface area contributed by atoms with Crippen molar-refractivity contribution in [3.8, 4) is 0 Å². The zero-order chi connectivity index (χ0) is 11.4. The van der Waals surface area contributed by atoms with E-state index in [4.69, 9.17) is 0 Å². The fraction of sp³-hybridized carbons (Fsp3) is 0.917. The molecule has 2 aliphatic rings. The fourth-order valence-corrected chi connectivity index (χ4v) is 2.14. The van der Waals surface area contributed by atoms with Gasteiger partial charge in [0, 0.05) is 6.04 Å². The molecule has 1 heterocycles. The van der Waals surface area contributed by atoms with Crippen molar-refractivity contribution in [2.45, 2.75) is 31.7 Å². The number of piperidine rings is 1. The zero-order valence-corrected chi connectivity index (χ0v) is 10.2. The van der Waals surface area contributed by atoms with E-state index in [-0.39, 0.29) is 5.91 Å². The summed E-state index contributed by atoms with van der Waals surface area (Å²) in [7, 11) is 2.13. The molecular weight excluding hydrogens is 202 g/mol. The van der Waals surface area contributed by atoms with Gasteiger partial charge in [0.15, 0.2) is 0 Å². The summed E-state index contributed by atoms with van der Waals surface area (Å²) in [6.07, 6.45) is 4.85. The molecule has 0 atom stereocenters. The average Bonchev–Trinajstić information content (AvgIpc) is 3.05. The molecule has 0 radical (unpaired) electrons. The van der Waals surface area contributed by atoms with Crippen molar-refractivity contribution in [2.75, 3.05) is 33.2 Å². The number of hydrogen-bond acceptors (Lipinski definition) is 3. The van der Waals surface area contributed by atoms with Crippen LogP contribution in [-0.4, -0.2) is 50.1 Å². The predicted molar refractivity (Wildman–Crippen MR) is 64.3 cm³/mol. The molecule has 4 nitrogen and oxygen atoms in total. The molecule has 1 saturated heterocycles. The van der Waals surface area contributed by atoms with Crippen LogP contribution in [0, 0.1) is 5.92 Å². The molecule has 0 unspecified atom stereocenters. The van der Waals surface area contributed by atoms with Gasteiger partial charge in [-0.1, -0.05) is 0 Å². The standard InChI is InChI=1S/C12H23N3O/c1-15-6-4-11(5-7-15)14-12(16)9-13-8-10-2-3-10/h10-11,13H,2-9H2,1H3,(H,14,16). The molecule has 0 aromatic rings. The number of carbonyl (C=O) groups is 1. The van der Waals surface area contributed by atoms with E-state index >= 15 is 0 Å². The summed E-state index contributed by atoms with van der Waals surface area (Å²) in [6, 6.07) is 0.395. The van der Waals surface area contributed by atoms with Crippen LogP contribution in [0.25, 0.3) is 0 Å². The first-order valence-electron chi connectivity index (χ1n) is 6.42. The van der Waals surface area contributed by atoms with Crippen molar-refractivity contribution in [2.24, 2.45) is 5.92 Å². The number of hydrogen-bond donors (Lipinski definition) is 2. The summed E-state index contributed by atoms with van der Waals surface area (Å²) in [4.78, 5) is 13.9. The molecule has 0 aromatic carbocycles. The van der Waals surface area contributed by atoms with Crippen LogP contribution < -0.4 is 10.6 Å². The second kappa shape index (κ2) is 5.64. The van der Waals surface area contributed by atoms with E-state index in [9.17, 15) is 4.79 Å². The highest BCUT2D eigenvalue weighted by atomic mass is 16.1. The number of nitrogens with zero attached hydrogens (tertiary/aromatic N) is 1. The second-order valence-electron chi connectivity index (χ2n) is 5.22. The highest BCUT2D eigenvalue weighted by Crippen LogP contribution is 2.27. The van der Waals surface area contributed by atoms with Crippen LogP contribution in [-0.2, 0) is 4.79 Å². The monoisotopic (exact) mass is 225 g/mol. The summed E-state index contributed by atoms with van der Waals surface area (Å²) < 4.78 is 0. The molecule has 0 spiro atoms. The Bertz CT molecular complexity index is 232. The van der Waals surface area contributed by atoms with Crippen molar-refractivity contribution >= 4 is 5.91 Å².